The lowest BCUT2D eigenvalue weighted by atomic mass is 10.1. The first-order chi connectivity index (χ1) is 11.2. The molecule has 2 amide bonds. The number of fused-ring (bicyclic) bond motifs is 1. The van der Waals surface area contributed by atoms with E-state index >= 15 is 0 Å². The second-order valence-electron chi connectivity index (χ2n) is 5.67. The average molecular weight is 322 g/mol. The Morgan fingerprint density at radius 3 is 3.04 bits per heavy atom. The zero-order valence-electron chi connectivity index (χ0n) is 13.3. The molecule has 0 radical (unpaired) electrons. The molecule has 0 N–H and O–H groups in total. The molecule has 2 aliphatic heterocycles. The smallest absolute Gasteiger partial charge is 0.272 e. The maximum atomic E-state index is 12.8. The molecule has 1 saturated heterocycles. The van der Waals surface area contributed by atoms with Crippen LogP contribution in [0.2, 0.25) is 0 Å². The molecule has 0 saturated carbocycles. The van der Waals surface area contributed by atoms with E-state index in [0.29, 0.717) is 32.8 Å². The van der Waals surface area contributed by atoms with Crippen LogP contribution in [0.25, 0.3) is 0 Å². The highest BCUT2D eigenvalue weighted by atomic mass is 16.7. The maximum absolute atomic E-state index is 12.8. The molecule has 2 aliphatic rings. The van der Waals surface area contributed by atoms with Crippen LogP contribution < -0.4 is 0 Å². The third kappa shape index (κ3) is 3.37. The van der Waals surface area contributed by atoms with Crippen molar-refractivity contribution in [3.8, 4) is 0 Å². The van der Waals surface area contributed by atoms with Gasteiger partial charge in [-0.2, -0.15) is 5.10 Å². The molecule has 1 aromatic heterocycles. The van der Waals surface area contributed by atoms with Crippen LogP contribution in [-0.4, -0.2) is 64.5 Å². The number of aromatic nitrogens is 2. The molecule has 0 aromatic carbocycles. The van der Waals surface area contributed by atoms with Gasteiger partial charge in [-0.15, -0.1) is 0 Å². The molecule has 0 unspecified atom stereocenters. The Bertz CT molecular complexity index is 568. The minimum atomic E-state index is -0.544. The van der Waals surface area contributed by atoms with Crippen LogP contribution in [0.15, 0.2) is 12.3 Å². The Labute approximate surface area is 134 Å². The first-order valence-electron chi connectivity index (χ1n) is 8.03. The fourth-order valence-electron chi connectivity index (χ4n) is 2.88. The summed E-state index contributed by atoms with van der Waals surface area (Å²) in [6, 6.07) is 1.29. The second-order valence-corrected chi connectivity index (χ2v) is 5.67. The van der Waals surface area contributed by atoms with Crippen molar-refractivity contribution in [3.63, 3.8) is 0 Å². The Morgan fingerprint density at radius 1 is 1.43 bits per heavy atom. The molecule has 0 spiro atoms. The first kappa shape index (κ1) is 15.9. The fraction of sp³-hybridized carbons (Fsp3) is 0.667. The van der Waals surface area contributed by atoms with E-state index in [9.17, 15) is 9.59 Å². The molecular formula is C15H22N4O4. The van der Waals surface area contributed by atoms with Gasteiger partial charge in [0.05, 0.1) is 25.4 Å². The molecule has 8 heteroatoms. The summed E-state index contributed by atoms with van der Waals surface area (Å²) in [4.78, 5) is 32.1. The van der Waals surface area contributed by atoms with Crippen LogP contribution in [-0.2, 0) is 25.7 Å². The number of ether oxygens (including phenoxy) is 1. The monoisotopic (exact) mass is 322 g/mol. The SMILES string of the molecule is CCOCC(=O)N1Cc2ccnn2[C@H](C(=O)N2CCCCO2)C1. The number of hydrogen-bond donors (Lipinski definition) is 0. The van der Waals surface area contributed by atoms with Gasteiger partial charge in [0.2, 0.25) is 5.91 Å². The lowest BCUT2D eigenvalue weighted by Crippen LogP contribution is -2.49. The van der Waals surface area contributed by atoms with E-state index in [2.05, 4.69) is 5.10 Å². The van der Waals surface area contributed by atoms with Gasteiger partial charge in [-0.25, -0.2) is 5.06 Å². The predicted octanol–water partition coefficient (Wildman–Crippen LogP) is 0.357. The maximum Gasteiger partial charge on any atom is 0.272 e. The summed E-state index contributed by atoms with van der Waals surface area (Å²) in [5, 5.41) is 5.67. The van der Waals surface area contributed by atoms with E-state index in [4.69, 9.17) is 9.57 Å². The van der Waals surface area contributed by atoms with Gasteiger partial charge in [-0.05, 0) is 25.8 Å². The average Bonchev–Trinajstić information content (AvgIpc) is 3.07. The number of nitrogens with zero attached hydrogens (tertiary/aromatic N) is 4. The highest BCUT2D eigenvalue weighted by molar-refractivity contribution is 5.82. The van der Waals surface area contributed by atoms with Crippen molar-refractivity contribution in [3.05, 3.63) is 18.0 Å². The molecule has 0 aliphatic carbocycles. The van der Waals surface area contributed by atoms with Crippen LogP contribution in [0.3, 0.4) is 0 Å². The van der Waals surface area contributed by atoms with E-state index < -0.39 is 6.04 Å². The van der Waals surface area contributed by atoms with Crippen molar-refractivity contribution in [2.45, 2.75) is 32.4 Å². The number of amides is 2. The highest BCUT2D eigenvalue weighted by Gasteiger charge is 2.36. The standard InChI is InChI=1S/C15H22N4O4/c1-2-22-11-14(20)17-9-12-5-6-16-19(12)13(10-17)15(21)18-7-3-4-8-23-18/h5-6,13H,2-4,7-11H2,1H3/t13-/m0/s1. The van der Waals surface area contributed by atoms with Crippen molar-refractivity contribution in [1.82, 2.24) is 19.7 Å². The lowest BCUT2D eigenvalue weighted by Gasteiger charge is -2.36. The third-order valence-electron chi connectivity index (χ3n) is 4.11. The molecule has 3 rings (SSSR count). The fourth-order valence-corrected chi connectivity index (χ4v) is 2.88. The number of rotatable bonds is 4. The zero-order chi connectivity index (χ0) is 16.2. The minimum absolute atomic E-state index is 0.0335. The van der Waals surface area contributed by atoms with Gasteiger partial charge in [-0.3, -0.25) is 19.1 Å². The third-order valence-corrected chi connectivity index (χ3v) is 4.11. The predicted molar refractivity (Wildman–Crippen MR) is 80.1 cm³/mol. The number of carbonyl (C=O) groups is 2. The van der Waals surface area contributed by atoms with Crippen molar-refractivity contribution < 1.29 is 19.2 Å². The molecule has 1 fully saturated rings. The molecule has 126 valence electrons. The second kappa shape index (κ2) is 7.10. The van der Waals surface area contributed by atoms with Crippen LogP contribution in [0.4, 0.5) is 0 Å². The van der Waals surface area contributed by atoms with Crippen molar-refractivity contribution in [1.29, 1.82) is 0 Å². The van der Waals surface area contributed by atoms with Gasteiger partial charge in [0.1, 0.15) is 6.61 Å². The van der Waals surface area contributed by atoms with E-state index in [1.165, 1.54) is 5.06 Å². The van der Waals surface area contributed by atoms with Gasteiger partial charge < -0.3 is 9.64 Å². The Hall–Kier alpha value is -1.93. The molecule has 0 bridgehead atoms. The van der Waals surface area contributed by atoms with Gasteiger partial charge in [0, 0.05) is 19.3 Å². The molecule has 1 aromatic rings. The number of carbonyl (C=O) groups excluding carboxylic acids is 2. The topological polar surface area (TPSA) is 76.9 Å². The summed E-state index contributed by atoms with van der Waals surface area (Å²) in [6.07, 6.45) is 3.54. The molecule has 3 heterocycles. The van der Waals surface area contributed by atoms with Crippen molar-refractivity contribution in [2.75, 3.05) is 32.9 Å². The summed E-state index contributed by atoms with van der Waals surface area (Å²) in [5.74, 6) is -0.264. The van der Waals surface area contributed by atoms with Gasteiger partial charge in [0.15, 0.2) is 6.04 Å². The van der Waals surface area contributed by atoms with Crippen molar-refractivity contribution in [2.24, 2.45) is 0 Å². The normalized spacial score (nSPS) is 21.2. The van der Waals surface area contributed by atoms with Gasteiger partial charge in [0.25, 0.3) is 5.91 Å². The van der Waals surface area contributed by atoms with E-state index in [1.807, 2.05) is 13.0 Å². The molecule has 8 nitrogen and oxygen atoms in total. The summed E-state index contributed by atoms with van der Waals surface area (Å²) in [7, 11) is 0. The first-order valence-corrected chi connectivity index (χ1v) is 8.03. The Balaban J connectivity index is 1.76. The molecular weight excluding hydrogens is 300 g/mol. The Kier molecular flexibility index (Phi) is 4.92. The minimum Gasteiger partial charge on any atom is -0.372 e. The quantitative estimate of drug-likeness (QED) is 0.800. The molecule has 1 atom stereocenters. The highest BCUT2D eigenvalue weighted by Crippen LogP contribution is 2.23. The molecule has 23 heavy (non-hydrogen) atoms. The van der Waals surface area contributed by atoms with Crippen LogP contribution in [0.5, 0.6) is 0 Å². The van der Waals surface area contributed by atoms with Crippen LogP contribution in [0.1, 0.15) is 31.5 Å². The lowest BCUT2D eigenvalue weighted by molar-refractivity contribution is -0.201. The zero-order valence-corrected chi connectivity index (χ0v) is 13.3. The summed E-state index contributed by atoms with van der Waals surface area (Å²) in [6.45, 7) is 4.23. The number of hydroxylamine groups is 2. The number of hydrogen-bond acceptors (Lipinski definition) is 5. The summed E-state index contributed by atoms with van der Waals surface area (Å²) < 4.78 is 6.90. The van der Waals surface area contributed by atoms with Gasteiger partial charge in [-0.1, -0.05) is 0 Å². The van der Waals surface area contributed by atoms with Crippen LogP contribution in [0, 0.1) is 0 Å². The van der Waals surface area contributed by atoms with Crippen LogP contribution >= 0.6 is 0 Å². The Morgan fingerprint density at radius 2 is 2.30 bits per heavy atom. The van der Waals surface area contributed by atoms with E-state index in [-0.39, 0.29) is 18.4 Å². The van der Waals surface area contributed by atoms with Gasteiger partial charge >= 0.3 is 0 Å². The largest absolute Gasteiger partial charge is 0.372 e. The summed E-state index contributed by atoms with van der Waals surface area (Å²) in [5.41, 5.74) is 0.844. The van der Waals surface area contributed by atoms with E-state index in [0.717, 1.165) is 18.5 Å². The van der Waals surface area contributed by atoms with E-state index in [1.54, 1.807) is 15.8 Å². The summed E-state index contributed by atoms with van der Waals surface area (Å²) >= 11 is 0. The van der Waals surface area contributed by atoms with Crippen molar-refractivity contribution >= 4 is 11.8 Å².